The molecule has 1 unspecified atom stereocenters. The molecule has 0 fully saturated rings. The van der Waals surface area contributed by atoms with Crippen molar-refractivity contribution in [1.82, 2.24) is 4.98 Å². The Balaban J connectivity index is 1.81. The molecule has 4 nitrogen and oxygen atoms in total. The summed E-state index contributed by atoms with van der Waals surface area (Å²) in [5, 5.41) is 12.2. The molecule has 0 N–H and O–H groups in total. The monoisotopic (exact) mass is 384 g/mol. The molecule has 28 heavy (non-hydrogen) atoms. The number of hydrogen-bond donors (Lipinski definition) is 0. The first-order valence-corrected chi connectivity index (χ1v) is 9.61. The van der Waals surface area contributed by atoms with Crippen LogP contribution in [-0.4, -0.2) is 9.91 Å². The number of thiazole rings is 1. The molecule has 4 rings (SSSR count). The summed E-state index contributed by atoms with van der Waals surface area (Å²) >= 11 is 1.62. The molecular weight excluding hydrogens is 368 g/mol. The lowest BCUT2D eigenvalue weighted by molar-refractivity contribution is -0.384. The molecule has 0 aliphatic carbocycles. The maximum absolute atomic E-state index is 11.3. The highest BCUT2D eigenvalue weighted by Gasteiger charge is 2.21. The first-order valence-electron chi connectivity index (χ1n) is 8.79. The van der Waals surface area contributed by atoms with E-state index in [1.165, 1.54) is 6.07 Å². The zero-order valence-electron chi connectivity index (χ0n) is 14.9. The largest absolute Gasteiger partial charge is 0.269 e. The SMILES string of the molecule is C#Cc1cccc(CC(c2cccc([N+](=O)[O-])c2)c2nc3ccccc3s2)c1. The number of aromatic nitrogens is 1. The summed E-state index contributed by atoms with van der Waals surface area (Å²) in [6.07, 6.45) is 6.20. The van der Waals surface area contributed by atoms with Gasteiger partial charge in [-0.2, -0.15) is 0 Å². The van der Waals surface area contributed by atoms with Crippen molar-refractivity contribution in [2.24, 2.45) is 0 Å². The van der Waals surface area contributed by atoms with E-state index in [0.29, 0.717) is 6.42 Å². The average Bonchev–Trinajstić information content (AvgIpc) is 3.16. The molecule has 0 bridgehead atoms. The topological polar surface area (TPSA) is 56.0 Å². The number of benzene rings is 3. The number of fused-ring (bicyclic) bond motifs is 1. The normalized spacial score (nSPS) is 11.8. The zero-order valence-corrected chi connectivity index (χ0v) is 15.7. The predicted molar refractivity (Wildman–Crippen MR) is 113 cm³/mol. The Morgan fingerprint density at radius 3 is 2.68 bits per heavy atom. The van der Waals surface area contributed by atoms with Gasteiger partial charge in [0.05, 0.1) is 15.1 Å². The van der Waals surface area contributed by atoms with E-state index in [4.69, 9.17) is 11.4 Å². The minimum absolute atomic E-state index is 0.0842. The summed E-state index contributed by atoms with van der Waals surface area (Å²) in [6.45, 7) is 0. The van der Waals surface area contributed by atoms with Gasteiger partial charge in [-0.3, -0.25) is 10.1 Å². The second-order valence-electron chi connectivity index (χ2n) is 6.47. The number of rotatable bonds is 5. The molecule has 0 saturated heterocycles. The van der Waals surface area contributed by atoms with Gasteiger partial charge in [0, 0.05) is 23.6 Å². The first kappa shape index (κ1) is 17.9. The van der Waals surface area contributed by atoms with Gasteiger partial charge in [-0.1, -0.05) is 42.3 Å². The molecule has 5 heteroatoms. The number of para-hydroxylation sites is 1. The Bertz CT molecular complexity index is 1170. The van der Waals surface area contributed by atoms with Crippen LogP contribution in [0.3, 0.4) is 0 Å². The fourth-order valence-electron chi connectivity index (χ4n) is 3.27. The number of terminal acetylenes is 1. The van der Waals surface area contributed by atoms with E-state index >= 15 is 0 Å². The number of nitrogens with zero attached hydrogens (tertiary/aromatic N) is 2. The van der Waals surface area contributed by atoms with Crippen LogP contribution in [0, 0.1) is 22.5 Å². The standard InChI is InChI=1S/C23H16N2O2S/c1-2-16-7-5-8-17(13-16)14-20(18-9-6-10-19(15-18)25(26)27)23-24-21-11-3-4-12-22(21)28-23/h1,3-13,15,20H,14H2. The lowest BCUT2D eigenvalue weighted by Gasteiger charge is -2.15. The Morgan fingerprint density at radius 2 is 1.89 bits per heavy atom. The molecule has 1 aromatic heterocycles. The van der Waals surface area contributed by atoms with Crippen molar-refractivity contribution in [3.8, 4) is 12.3 Å². The molecule has 0 amide bonds. The summed E-state index contributed by atoms with van der Waals surface area (Å²) in [5.74, 6) is 2.57. The van der Waals surface area contributed by atoms with Crippen LogP contribution >= 0.6 is 11.3 Å². The van der Waals surface area contributed by atoms with E-state index in [9.17, 15) is 10.1 Å². The Labute approximate surface area is 166 Å². The van der Waals surface area contributed by atoms with Crippen molar-refractivity contribution < 1.29 is 4.92 Å². The van der Waals surface area contributed by atoms with Crippen LogP contribution in [0.5, 0.6) is 0 Å². The number of non-ortho nitro benzene ring substituents is 1. The summed E-state index contributed by atoms with van der Waals surface area (Å²) in [6, 6.07) is 22.6. The predicted octanol–water partition coefficient (Wildman–Crippen LogP) is 5.56. The summed E-state index contributed by atoms with van der Waals surface area (Å²) in [7, 11) is 0. The minimum Gasteiger partial charge on any atom is -0.258 e. The second kappa shape index (κ2) is 7.63. The maximum atomic E-state index is 11.3. The van der Waals surface area contributed by atoms with E-state index in [1.54, 1.807) is 23.5 Å². The quantitative estimate of drug-likeness (QED) is 0.257. The van der Waals surface area contributed by atoms with Gasteiger partial charge in [-0.05, 0) is 41.8 Å². The van der Waals surface area contributed by atoms with Crippen molar-refractivity contribution in [3.63, 3.8) is 0 Å². The first-order chi connectivity index (χ1) is 13.6. The fourth-order valence-corrected chi connectivity index (χ4v) is 4.36. The summed E-state index contributed by atoms with van der Waals surface area (Å²) < 4.78 is 1.10. The molecule has 0 radical (unpaired) electrons. The Morgan fingerprint density at radius 1 is 1.07 bits per heavy atom. The number of nitro benzene ring substituents is 1. The molecule has 1 heterocycles. The molecule has 0 saturated carbocycles. The molecular formula is C23H16N2O2S. The third-order valence-electron chi connectivity index (χ3n) is 4.63. The lowest BCUT2D eigenvalue weighted by Crippen LogP contribution is -2.06. The number of hydrogen-bond acceptors (Lipinski definition) is 4. The number of nitro groups is 1. The van der Waals surface area contributed by atoms with Crippen molar-refractivity contribution in [2.45, 2.75) is 12.3 Å². The van der Waals surface area contributed by atoms with Crippen LogP contribution in [-0.2, 0) is 6.42 Å². The van der Waals surface area contributed by atoms with Gasteiger partial charge in [0.25, 0.3) is 5.69 Å². The highest BCUT2D eigenvalue weighted by Crippen LogP contribution is 2.35. The molecule has 4 aromatic rings. The lowest BCUT2D eigenvalue weighted by atomic mass is 9.91. The van der Waals surface area contributed by atoms with Crippen LogP contribution in [0.1, 0.15) is 27.6 Å². The van der Waals surface area contributed by atoms with Gasteiger partial charge in [0.15, 0.2) is 0 Å². The highest BCUT2D eigenvalue weighted by atomic mass is 32.1. The third kappa shape index (κ3) is 3.64. The van der Waals surface area contributed by atoms with Crippen molar-refractivity contribution in [2.75, 3.05) is 0 Å². The van der Waals surface area contributed by atoms with Gasteiger partial charge < -0.3 is 0 Å². The van der Waals surface area contributed by atoms with Crippen LogP contribution in [0.4, 0.5) is 5.69 Å². The van der Waals surface area contributed by atoms with E-state index in [-0.39, 0.29) is 16.5 Å². The van der Waals surface area contributed by atoms with Crippen LogP contribution in [0.15, 0.2) is 72.8 Å². The minimum atomic E-state index is -0.363. The Hall–Kier alpha value is -3.49. The van der Waals surface area contributed by atoms with E-state index < -0.39 is 0 Å². The third-order valence-corrected chi connectivity index (χ3v) is 5.78. The Kier molecular flexibility index (Phi) is 4.88. The van der Waals surface area contributed by atoms with Gasteiger partial charge in [-0.15, -0.1) is 17.8 Å². The molecule has 136 valence electrons. The maximum Gasteiger partial charge on any atom is 0.269 e. The van der Waals surface area contributed by atoms with Crippen LogP contribution < -0.4 is 0 Å². The molecule has 3 aromatic carbocycles. The van der Waals surface area contributed by atoms with Gasteiger partial charge in [0.2, 0.25) is 0 Å². The van der Waals surface area contributed by atoms with Crippen molar-refractivity contribution in [3.05, 3.63) is 105 Å². The van der Waals surface area contributed by atoms with Crippen LogP contribution in [0.2, 0.25) is 0 Å². The molecule has 0 aliphatic rings. The molecule has 0 aliphatic heterocycles. The summed E-state index contributed by atoms with van der Waals surface area (Å²) in [4.78, 5) is 15.7. The molecule has 1 atom stereocenters. The van der Waals surface area contributed by atoms with E-state index in [2.05, 4.69) is 5.92 Å². The summed E-state index contributed by atoms with van der Waals surface area (Å²) in [5.41, 5.74) is 3.79. The van der Waals surface area contributed by atoms with Crippen molar-refractivity contribution >= 4 is 27.2 Å². The van der Waals surface area contributed by atoms with Gasteiger partial charge >= 0.3 is 0 Å². The van der Waals surface area contributed by atoms with Gasteiger partial charge in [0.1, 0.15) is 5.01 Å². The van der Waals surface area contributed by atoms with E-state index in [0.717, 1.165) is 31.9 Å². The fraction of sp³-hybridized carbons (Fsp3) is 0.0870. The highest BCUT2D eigenvalue weighted by molar-refractivity contribution is 7.18. The molecule has 0 spiro atoms. The van der Waals surface area contributed by atoms with E-state index in [1.807, 2.05) is 54.6 Å². The smallest absolute Gasteiger partial charge is 0.258 e. The second-order valence-corrected chi connectivity index (χ2v) is 7.54. The van der Waals surface area contributed by atoms with Crippen molar-refractivity contribution in [1.29, 1.82) is 0 Å². The van der Waals surface area contributed by atoms with Crippen LogP contribution in [0.25, 0.3) is 10.2 Å². The zero-order chi connectivity index (χ0) is 19.5. The van der Waals surface area contributed by atoms with Gasteiger partial charge in [-0.25, -0.2) is 4.98 Å². The average molecular weight is 384 g/mol.